The fourth-order valence-electron chi connectivity index (χ4n) is 1.59. The number of carboxylic acids is 1. The van der Waals surface area contributed by atoms with E-state index in [1.807, 2.05) is 0 Å². The van der Waals surface area contributed by atoms with E-state index < -0.39 is 5.97 Å². The van der Waals surface area contributed by atoms with Crippen LogP contribution in [-0.4, -0.2) is 40.2 Å². The summed E-state index contributed by atoms with van der Waals surface area (Å²) in [7, 11) is 0. The van der Waals surface area contributed by atoms with Gasteiger partial charge in [-0.3, -0.25) is 9.59 Å². The predicted octanol–water partition coefficient (Wildman–Crippen LogP) is 1.02. The first-order valence-electron chi connectivity index (χ1n) is 5.19. The van der Waals surface area contributed by atoms with Gasteiger partial charge in [0.2, 0.25) is 5.91 Å². The minimum atomic E-state index is -0.943. The zero-order valence-electron chi connectivity index (χ0n) is 8.85. The normalized spacial score (nSPS) is 18.0. The third kappa shape index (κ3) is 3.12. The van der Waals surface area contributed by atoms with Crippen LogP contribution in [0.5, 0.6) is 0 Å². The molecule has 0 heterocycles. The highest BCUT2D eigenvalue weighted by Gasteiger charge is 2.31. The van der Waals surface area contributed by atoms with Gasteiger partial charge in [0.15, 0.2) is 0 Å². The highest BCUT2D eigenvalue weighted by atomic mass is 32.1. The number of hydrogen-bond acceptors (Lipinski definition) is 3. The van der Waals surface area contributed by atoms with Gasteiger partial charge in [0, 0.05) is 17.7 Å². The molecule has 0 aromatic heterocycles. The number of hydrogen-bond donors (Lipinski definition) is 2. The van der Waals surface area contributed by atoms with Crippen molar-refractivity contribution < 1.29 is 14.7 Å². The van der Waals surface area contributed by atoms with Gasteiger partial charge >= 0.3 is 5.97 Å². The van der Waals surface area contributed by atoms with Gasteiger partial charge in [-0.15, -0.1) is 0 Å². The topological polar surface area (TPSA) is 57.6 Å². The molecular formula is C10H17NO3S. The monoisotopic (exact) mass is 231 g/mol. The van der Waals surface area contributed by atoms with E-state index in [4.69, 9.17) is 5.11 Å². The van der Waals surface area contributed by atoms with Crippen molar-refractivity contribution in [3.8, 4) is 0 Å². The zero-order chi connectivity index (χ0) is 11.4. The Kier molecular flexibility index (Phi) is 4.45. The van der Waals surface area contributed by atoms with Crippen molar-refractivity contribution in [3.63, 3.8) is 0 Å². The molecule has 1 aliphatic rings. The summed E-state index contributed by atoms with van der Waals surface area (Å²) in [6, 6.07) is 0.135. The number of rotatable bonds is 5. The molecule has 0 bridgehead atoms. The lowest BCUT2D eigenvalue weighted by atomic mass is 9.90. The number of carbonyl (C=O) groups is 2. The molecule has 0 radical (unpaired) electrons. The Labute approximate surface area is 95.1 Å². The summed E-state index contributed by atoms with van der Waals surface area (Å²) in [4.78, 5) is 24.0. The van der Waals surface area contributed by atoms with E-state index in [9.17, 15) is 9.59 Å². The van der Waals surface area contributed by atoms with Crippen molar-refractivity contribution in [3.05, 3.63) is 0 Å². The van der Waals surface area contributed by atoms with E-state index in [1.165, 1.54) is 4.90 Å². The summed E-state index contributed by atoms with van der Waals surface area (Å²) < 4.78 is 0. The van der Waals surface area contributed by atoms with Gasteiger partial charge in [0.25, 0.3) is 0 Å². The average molecular weight is 231 g/mol. The minimum absolute atomic E-state index is 0.0860. The lowest BCUT2D eigenvalue weighted by molar-refractivity contribution is -0.149. The summed E-state index contributed by atoms with van der Waals surface area (Å²) in [5.74, 6) is -0.770. The number of amides is 1. The van der Waals surface area contributed by atoms with Crippen molar-refractivity contribution in [2.45, 2.75) is 32.2 Å². The second kappa shape index (κ2) is 5.39. The number of carboxylic acid groups (broad SMARTS) is 1. The van der Waals surface area contributed by atoms with Gasteiger partial charge in [0.05, 0.1) is 0 Å². The van der Waals surface area contributed by atoms with Crippen LogP contribution >= 0.6 is 12.6 Å². The quantitative estimate of drug-likeness (QED) is 0.694. The summed E-state index contributed by atoms with van der Waals surface area (Å²) in [5.41, 5.74) is 0. The number of aliphatic carboxylic acids is 1. The smallest absolute Gasteiger partial charge is 0.323 e. The highest BCUT2D eigenvalue weighted by molar-refractivity contribution is 7.80. The Hall–Kier alpha value is -0.710. The summed E-state index contributed by atoms with van der Waals surface area (Å²) in [6.45, 7) is 1.60. The molecule has 1 saturated carbocycles. The maximum absolute atomic E-state index is 11.9. The maximum Gasteiger partial charge on any atom is 0.323 e. The zero-order valence-corrected chi connectivity index (χ0v) is 9.74. The molecule has 0 aromatic carbocycles. The molecule has 0 aromatic rings. The molecule has 1 amide bonds. The van der Waals surface area contributed by atoms with Crippen molar-refractivity contribution in [2.24, 2.45) is 5.92 Å². The van der Waals surface area contributed by atoms with Gasteiger partial charge in [-0.1, -0.05) is 6.92 Å². The summed E-state index contributed by atoms with van der Waals surface area (Å²) >= 11 is 4.06. The first-order valence-corrected chi connectivity index (χ1v) is 5.82. The third-order valence-corrected chi connectivity index (χ3v) is 3.35. The van der Waals surface area contributed by atoms with E-state index in [0.29, 0.717) is 5.75 Å². The predicted molar refractivity (Wildman–Crippen MR) is 60.0 cm³/mol. The fraction of sp³-hybridized carbons (Fsp3) is 0.800. The van der Waals surface area contributed by atoms with Crippen LogP contribution in [0.3, 0.4) is 0 Å². The van der Waals surface area contributed by atoms with Crippen LogP contribution in [0.25, 0.3) is 0 Å². The van der Waals surface area contributed by atoms with Gasteiger partial charge in [-0.2, -0.15) is 12.6 Å². The van der Waals surface area contributed by atoms with Crippen LogP contribution in [0, 0.1) is 5.92 Å². The minimum Gasteiger partial charge on any atom is -0.480 e. The summed E-state index contributed by atoms with van der Waals surface area (Å²) in [6.07, 6.45) is 2.94. The first-order chi connectivity index (χ1) is 7.06. The maximum atomic E-state index is 11.9. The molecule has 4 nitrogen and oxygen atoms in total. The SMILES string of the molecule is C[C@H](CS)C(=O)N(CC(=O)O)C1CCC1. The first kappa shape index (κ1) is 12.4. The standard InChI is InChI=1S/C10H17NO3S/c1-7(6-15)10(14)11(5-9(12)13)8-3-2-4-8/h7-8,15H,2-6H2,1H3,(H,12,13)/t7-/m1/s1. The molecule has 0 spiro atoms. The number of carbonyl (C=O) groups excluding carboxylic acids is 1. The molecule has 86 valence electrons. The second-order valence-corrected chi connectivity index (χ2v) is 4.39. The average Bonchev–Trinajstić information content (AvgIpc) is 2.11. The van der Waals surface area contributed by atoms with E-state index in [1.54, 1.807) is 6.92 Å². The molecule has 1 fully saturated rings. The van der Waals surface area contributed by atoms with Crippen LogP contribution in [0.1, 0.15) is 26.2 Å². The molecule has 1 atom stereocenters. The van der Waals surface area contributed by atoms with E-state index in [0.717, 1.165) is 19.3 Å². The summed E-state index contributed by atoms with van der Waals surface area (Å²) in [5, 5.41) is 8.74. The second-order valence-electron chi connectivity index (χ2n) is 4.03. The largest absolute Gasteiger partial charge is 0.480 e. The van der Waals surface area contributed by atoms with E-state index in [2.05, 4.69) is 12.6 Å². The van der Waals surface area contributed by atoms with E-state index in [-0.39, 0.29) is 24.4 Å². The number of nitrogens with zero attached hydrogens (tertiary/aromatic N) is 1. The Balaban J connectivity index is 2.61. The van der Waals surface area contributed by atoms with Crippen LogP contribution in [0.15, 0.2) is 0 Å². The van der Waals surface area contributed by atoms with Crippen molar-refractivity contribution in [1.82, 2.24) is 4.90 Å². The van der Waals surface area contributed by atoms with Gasteiger partial charge in [-0.05, 0) is 19.3 Å². The van der Waals surface area contributed by atoms with Crippen LogP contribution in [-0.2, 0) is 9.59 Å². The lowest BCUT2D eigenvalue weighted by Crippen LogP contribution is -2.49. The lowest BCUT2D eigenvalue weighted by Gasteiger charge is -2.37. The van der Waals surface area contributed by atoms with Crippen molar-refractivity contribution >= 4 is 24.5 Å². The van der Waals surface area contributed by atoms with Gasteiger partial charge < -0.3 is 10.0 Å². The van der Waals surface area contributed by atoms with Crippen molar-refractivity contribution in [2.75, 3.05) is 12.3 Å². The van der Waals surface area contributed by atoms with Crippen LogP contribution in [0.4, 0.5) is 0 Å². The molecule has 0 aliphatic heterocycles. The highest BCUT2D eigenvalue weighted by Crippen LogP contribution is 2.26. The Morgan fingerprint density at radius 1 is 1.53 bits per heavy atom. The Bertz CT molecular complexity index is 253. The molecule has 0 unspecified atom stereocenters. The number of thiol groups is 1. The van der Waals surface area contributed by atoms with Crippen molar-refractivity contribution in [1.29, 1.82) is 0 Å². The fourth-order valence-corrected chi connectivity index (χ4v) is 1.75. The Morgan fingerprint density at radius 3 is 2.47 bits per heavy atom. The molecule has 1 aliphatic carbocycles. The molecule has 0 saturated heterocycles. The molecule has 1 N–H and O–H groups in total. The van der Waals surface area contributed by atoms with Gasteiger partial charge in [0.1, 0.15) is 6.54 Å². The van der Waals surface area contributed by atoms with E-state index >= 15 is 0 Å². The van der Waals surface area contributed by atoms with Crippen LogP contribution in [0.2, 0.25) is 0 Å². The van der Waals surface area contributed by atoms with Gasteiger partial charge in [-0.25, -0.2) is 0 Å². The van der Waals surface area contributed by atoms with Crippen LogP contribution < -0.4 is 0 Å². The molecule has 15 heavy (non-hydrogen) atoms. The molecular weight excluding hydrogens is 214 g/mol. The third-order valence-electron chi connectivity index (χ3n) is 2.80. The Morgan fingerprint density at radius 2 is 2.13 bits per heavy atom. The molecule has 5 heteroatoms. The molecule has 1 rings (SSSR count).